The van der Waals surface area contributed by atoms with Crippen molar-refractivity contribution in [3.8, 4) is 0 Å². The Morgan fingerprint density at radius 3 is 2.87 bits per heavy atom. The predicted molar refractivity (Wildman–Crippen MR) is 85.5 cm³/mol. The Bertz CT molecular complexity index is 663. The van der Waals surface area contributed by atoms with Crippen LogP contribution in [0.1, 0.15) is 35.8 Å². The van der Waals surface area contributed by atoms with Gasteiger partial charge >= 0.3 is 0 Å². The van der Waals surface area contributed by atoms with Crippen molar-refractivity contribution in [2.24, 2.45) is 5.92 Å². The molecule has 122 valence electrons. The highest BCUT2D eigenvalue weighted by Crippen LogP contribution is 2.32. The molecule has 2 aromatic rings. The number of benzene rings is 1. The van der Waals surface area contributed by atoms with E-state index in [4.69, 9.17) is 9.84 Å². The Morgan fingerprint density at radius 2 is 2.09 bits per heavy atom. The van der Waals surface area contributed by atoms with E-state index in [1.807, 2.05) is 0 Å². The van der Waals surface area contributed by atoms with Crippen LogP contribution in [0.2, 0.25) is 0 Å². The number of aromatic nitrogens is 2. The van der Waals surface area contributed by atoms with E-state index in [0.29, 0.717) is 6.54 Å². The average Bonchev–Trinajstić information content (AvgIpc) is 3.26. The first-order valence-corrected chi connectivity index (χ1v) is 8.41. The van der Waals surface area contributed by atoms with Crippen LogP contribution in [0.5, 0.6) is 0 Å². The minimum Gasteiger partial charge on any atom is -0.370 e. The second-order valence-corrected chi connectivity index (χ2v) is 6.57. The second kappa shape index (κ2) is 6.42. The van der Waals surface area contributed by atoms with Gasteiger partial charge in [-0.1, -0.05) is 12.1 Å². The van der Waals surface area contributed by atoms with Gasteiger partial charge in [-0.15, -0.1) is 0 Å². The van der Waals surface area contributed by atoms with Gasteiger partial charge < -0.3 is 10.1 Å². The zero-order valence-corrected chi connectivity index (χ0v) is 13.2. The second-order valence-electron chi connectivity index (χ2n) is 6.57. The molecule has 5 heteroatoms. The van der Waals surface area contributed by atoms with E-state index in [0.717, 1.165) is 43.3 Å². The lowest BCUT2D eigenvalue weighted by atomic mass is 10.1. The quantitative estimate of drug-likeness (QED) is 0.891. The lowest BCUT2D eigenvalue weighted by molar-refractivity contribution is 0.0392. The van der Waals surface area contributed by atoms with Crippen LogP contribution in [0.3, 0.4) is 0 Å². The summed E-state index contributed by atoms with van der Waals surface area (Å²) < 4.78 is 20.9. The fraction of sp³-hybridized carbons (Fsp3) is 0.500. The highest BCUT2D eigenvalue weighted by Gasteiger charge is 2.27. The minimum atomic E-state index is -0.199. The highest BCUT2D eigenvalue weighted by molar-refractivity contribution is 5.22. The molecule has 1 aromatic heterocycles. The molecule has 0 radical (unpaired) electrons. The third-order valence-electron chi connectivity index (χ3n) is 4.58. The van der Waals surface area contributed by atoms with Crippen LogP contribution in [0, 0.1) is 11.7 Å². The molecule has 0 spiro atoms. The summed E-state index contributed by atoms with van der Waals surface area (Å²) in [4.78, 5) is 0. The molecule has 23 heavy (non-hydrogen) atoms. The molecule has 1 N–H and O–H groups in total. The molecule has 0 unspecified atom stereocenters. The highest BCUT2D eigenvalue weighted by atomic mass is 19.1. The van der Waals surface area contributed by atoms with Gasteiger partial charge in [-0.2, -0.15) is 5.10 Å². The number of ether oxygens (including phenoxy) is 1. The lowest BCUT2D eigenvalue weighted by Crippen LogP contribution is -2.27. The molecule has 1 atom stereocenters. The average molecular weight is 315 g/mol. The van der Waals surface area contributed by atoms with Crippen LogP contribution in [0.4, 0.5) is 4.39 Å². The molecule has 1 aromatic carbocycles. The largest absolute Gasteiger partial charge is 0.370 e. The van der Waals surface area contributed by atoms with Crippen LogP contribution >= 0.6 is 0 Å². The maximum Gasteiger partial charge on any atom is 0.123 e. The molecule has 1 aliphatic carbocycles. The Balaban J connectivity index is 1.36. The SMILES string of the molecule is Fc1ccc(CNC[C@H]2OCCc3cn(CC4CC4)nc32)cc1. The number of rotatable bonds is 6. The minimum absolute atomic E-state index is 0.0136. The van der Waals surface area contributed by atoms with Gasteiger partial charge in [0.1, 0.15) is 11.9 Å². The van der Waals surface area contributed by atoms with Crippen molar-refractivity contribution >= 4 is 0 Å². The fourth-order valence-corrected chi connectivity index (χ4v) is 3.10. The van der Waals surface area contributed by atoms with Crippen LogP contribution in [0.15, 0.2) is 30.5 Å². The topological polar surface area (TPSA) is 39.1 Å². The van der Waals surface area contributed by atoms with Crippen molar-refractivity contribution in [2.45, 2.75) is 38.5 Å². The zero-order valence-electron chi connectivity index (χ0n) is 13.2. The van der Waals surface area contributed by atoms with E-state index in [-0.39, 0.29) is 11.9 Å². The molecule has 2 aliphatic rings. The monoisotopic (exact) mass is 315 g/mol. The molecule has 0 bridgehead atoms. The number of hydrogen-bond donors (Lipinski definition) is 1. The molecule has 1 fully saturated rings. The number of nitrogens with zero attached hydrogens (tertiary/aromatic N) is 2. The van der Waals surface area contributed by atoms with Crippen molar-refractivity contribution in [3.05, 3.63) is 53.1 Å². The number of nitrogens with one attached hydrogen (secondary N) is 1. The molecular weight excluding hydrogens is 293 g/mol. The van der Waals surface area contributed by atoms with Crippen LogP contribution in [0.25, 0.3) is 0 Å². The van der Waals surface area contributed by atoms with E-state index >= 15 is 0 Å². The molecule has 4 rings (SSSR count). The third kappa shape index (κ3) is 3.62. The number of hydrogen-bond acceptors (Lipinski definition) is 3. The summed E-state index contributed by atoms with van der Waals surface area (Å²) in [6.45, 7) is 3.23. The lowest BCUT2D eigenvalue weighted by Gasteiger charge is -2.22. The van der Waals surface area contributed by atoms with Gasteiger partial charge in [-0.05, 0) is 48.4 Å². The van der Waals surface area contributed by atoms with Gasteiger partial charge in [0.15, 0.2) is 0 Å². The zero-order chi connectivity index (χ0) is 15.6. The summed E-state index contributed by atoms with van der Waals surface area (Å²) >= 11 is 0. The van der Waals surface area contributed by atoms with Crippen LogP contribution in [-0.2, 0) is 24.2 Å². The normalized spacial score (nSPS) is 20.5. The molecule has 0 amide bonds. The molecule has 1 saturated carbocycles. The Labute approximate surface area is 135 Å². The van der Waals surface area contributed by atoms with E-state index in [9.17, 15) is 4.39 Å². The van der Waals surface area contributed by atoms with Crippen LogP contribution in [-0.4, -0.2) is 22.9 Å². The summed E-state index contributed by atoms with van der Waals surface area (Å²) in [5, 5.41) is 8.15. The molecule has 1 aliphatic heterocycles. The van der Waals surface area contributed by atoms with Gasteiger partial charge in [0, 0.05) is 25.8 Å². The van der Waals surface area contributed by atoms with E-state index in [1.165, 1.54) is 30.5 Å². The first-order chi connectivity index (χ1) is 11.3. The van der Waals surface area contributed by atoms with Crippen molar-refractivity contribution in [1.29, 1.82) is 0 Å². The fourth-order valence-electron chi connectivity index (χ4n) is 3.10. The molecule has 0 saturated heterocycles. The Morgan fingerprint density at radius 1 is 1.26 bits per heavy atom. The molecular formula is C18H22FN3O. The first-order valence-electron chi connectivity index (χ1n) is 8.41. The van der Waals surface area contributed by atoms with E-state index < -0.39 is 0 Å². The maximum atomic E-state index is 12.9. The summed E-state index contributed by atoms with van der Waals surface area (Å²) in [7, 11) is 0. The van der Waals surface area contributed by atoms with Gasteiger partial charge in [0.25, 0.3) is 0 Å². The summed E-state index contributed by atoms with van der Waals surface area (Å²) in [6, 6.07) is 6.59. The number of halogens is 1. The first kappa shape index (κ1) is 14.8. The maximum absolute atomic E-state index is 12.9. The van der Waals surface area contributed by atoms with Crippen molar-refractivity contribution in [1.82, 2.24) is 15.1 Å². The van der Waals surface area contributed by atoms with Gasteiger partial charge in [0.2, 0.25) is 0 Å². The Hall–Kier alpha value is -1.72. The summed E-state index contributed by atoms with van der Waals surface area (Å²) in [5.41, 5.74) is 3.48. The van der Waals surface area contributed by atoms with Gasteiger partial charge in [-0.25, -0.2) is 4.39 Å². The van der Waals surface area contributed by atoms with E-state index in [2.05, 4.69) is 16.2 Å². The number of fused-ring (bicyclic) bond motifs is 1. The third-order valence-corrected chi connectivity index (χ3v) is 4.58. The van der Waals surface area contributed by atoms with E-state index in [1.54, 1.807) is 12.1 Å². The van der Waals surface area contributed by atoms with Crippen molar-refractivity contribution in [3.63, 3.8) is 0 Å². The van der Waals surface area contributed by atoms with Crippen LogP contribution < -0.4 is 5.32 Å². The van der Waals surface area contributed by atoms with Gasteiger partial charge in [-0.3, -0.25) is 4.68 Å². The Kier molecular flexibility index (Phi) is 4.14. The van der Waals surface area contributed by atoms with Crippen molar-refractivity contribution in [2.75, 3.05) is 13.2 Å². The predicted octanol–water partition coefficient (Wildman–Crippen LogP) is 2.84. The summed E-state index contributed by atoms with van der Waals surface area (Å²) in [5.74, 6) is 0.627. The van der Waals surface area contributed by atoms with Crippen molar-refractivity contribution < 1.29 is 9.13 Å². The smallest absolute Gasteiger partial charge is 0.123 e. The standard InChI is InChI=1S/C18H22FN3O/c19-16-5-3-13(4-6-16)9-20-10-17-18-15(7-8-23-17)12-22(21-18)11-14-1-2-14/h3-6,12,14,17,20H,1-2,7-11H2/t17-/m1/s1. The molecule has 4 nitrogen and oxygen atoms in total. The molecule has 2 heterocycles. The van der Waals surface area contributed by atoms with Gasteiger partial charge in [0.05, 0.1) is 12.3 Å². The summed E-state index contributed by atoms with van der Waals surface area (Å²) in [6.07, 6.45) is 5.84.